The Kier molecular flexibility index (Phi) is 8.09. The van der Waals surface area contributed by atoms with Crippen LogP contribution in [-0.4, -0.2) is 54.8 Å². The molecule has 196 valence electrons. The normalized spacial score (nSPS) is 22.1. The van der Waals surface area contributed by atoms with Crippen LogP contribution in [0, 0.1) is 0 Å². The first-order valence-electron chi connectivity index (χ1n) is 11.8. The Morgan fingerprint density at radius 3 is 2.42 bits per heavy atom. The lowest BCUT2D eigenvalue weighted by Gasteiger charge is -2.30. The quantitative estimate of drug-likeness (QED) is 0.393. The van der Waals surface area contributed by atoms with Gasteiger partial charge in [-0.15, -0.1) is 0 Å². The maximum absolute atomic E-state index is 13.2. The van der Waals surface area contributed by atoms with Crippen LogP contribution in [-0.2, 0) is 32.6 Å². The van der Waals surface area contributed by atoms with Crippen molar-refractivity contribution in [1.82, 2.24) is 5.32 Å². The molecule has 9 nitrogen and oxygen atoms in total. The van der Waals surface area contributed by atoms with Crippen LogP contribution in [0.3, 0.4) is 0 Å². The lowest BCUT2D eigenvalue weighted by atomic mass is 9.89. The summed E-state index contributed by atoms with van der Waals surface area (Å²) in [5.41, 5.74) is 2.96. The van der Waals surface area contributed by atoms with Gasteiger partial charge in [0, 0.05) is 24.2 Å². The van der Waals surface area contributed by atoms with Crippen molar-refractivity contribution < 1.29 is 36.3 Å². The second-order valence-corrected chi connectivity index (χ2v) is 10.2. The van der Waals surface area contributed by atoms with Crippen molar-refractivity contribution in [3.63, 3.8) is 0 Å². The summed E-state index contributed by atoms with van der Waals surface area (Å²) in [6.45, 7) is 4.83. The molecule has 2 aromatic carbocycles. The van der Waals surface area contributed by atoms with Crippen LogP contribution in [0.1, 0.15) is 31.4 Å². The lowest BCUT2D eigenvalue weighted by molar-refractivity contribution is 0.0461. The summed E-state index contributed by atoms with van der Waals surface area (Å²) in [7, 11) is 0.235. The Morgan fingerprint density at radius 2 is 1.78 bits per heavy atom. The SMILES string of the molecule is CC/C(=C\C1OCOC1C)C1Cc2ccc(OC)c(OS(=O)(=O)c3ccc(OC)c(OC)c3)c2CN1. The first-order valence-corrected chi connectivity index (χ1v) is 13.2. The Morgan fingerprint density at radius 1 is 1.06 bits per heavy atom. The summed E-state index contributed by atoms with van der Waals surface area (Å²) < 4.78 is 59.3. The fourth-order valence-electron chi connectivity index (χ4n) is 4.52. The minimum absolute atomic E-state index is 0.00785. The molecule has 2 aromatic rings. The Balaban J connectivity index is 1.63. The van der Waals surface area contributed by atoms with Crippen molar-refractivity contribution >= 4 is 10.1 Å². The van der Waals surface area contributed by atoms with Crippen molar-refractivity contribution in [2.24, 2.45) is 0 Å². The van der Waals surface area contributed by atoms with Crippen LogP contribution in [0.2, 0.25) is 0 Å². The van der Waals surface area contributed by atoms with E-state index in [1.165, 1.54) is 45.1 Å². The molecular weight excluding hydrogens is 486 g/mol. The zero-order chi connectivity index (χ0) is 25.9. The Labute approximate surface area is 212 Å². The fraction of sp³-hybridized carbons (Fsp3) is 0.462. The van der Waals surface area contributed by atoms with E-state index in [2.05, 4.69) is 18.3 Å². The van der Waals surface area contributed by atoms with Gasteiger partial charge in [0.25, 0.3) is 0 Å². The van der Waals surface area contributed by atoms with Gasteiger partial charge in [0.2, 0.25) is 0 Å². The largest absolute Gasteiger partial charge is 0.493 e. The first-order chi connectivity index (χ1) is 17.3. The predicted molar refractivity (Wildman–Crippen MR) is 133 cm³/mol. The van der Waals surface area contributed by atoms with Crippen molar-refractivity contribution in [2.75, 3.05) is 28.1 Å². The van der Waals surface area contributed by atoms with Gasteiger partial charge in [-0.1, -0.05) is 24.6 Å². The van der Waals surface area contributed by atoms with Crippen LogP contribution in [0.5, 0.6) is 23.0 Å². The van der Waals surface area contributed by atoms with Crippen molar-refractivity contribution in [3.05, 3.63) is 53.1 Å². The molecule has 0 aromatic heterocycles. The van der Waals surface area contributed by atoms with Gasteiger partial charge in [-0.25, -0.2) is 0 Å². The standard InChI is InChI=1S/C26H33NO8S/c1-6-17(12-24-16(2)33-15-34-24)21-11-18-7-9-23(31-4)26(20(18)14-27-21)35-36(28,29)19-8-10-22(30-3)25(13-19)32-5/h7-10,12-13,16,21,24,27H,6,11,14-15H2,1-5H3/b17-12+. The van der Waals surface area contributed by atoms with Crippen molar-refractivity contribution in [1.29, 1.82) is 0 Å². The maximum Gasteiger partial charge on any atom is 0.339 e. The number of nitrogens with one attached hydrogen (secondary N) is 1. The van der Waals surface area contributed by atoms with Crippen molar-refractivity contribution in [3.8, 4) is 23.0 Å². The highest BCUT2D eigenvalue weighted by molar-refractivity contribution is 7.87. The van der Waals surface area contributed by atoms with Gasteiger partial charge in [0.1, 0.15) is 17.8 Å². The lowest BCUT2D eigenvalue weighted by Crippen LogP contribution is -2.38. The molecule has 1 fully saturated rings. The number of fused-ring (bicyclic) bond motifs is 1. The molecule has 10 heteroatoms. The maximum atomic E-state index is 13.2. The third kappa shape index (κ3) is 5.31. The molecule has 1 N–H and O–H groups in total. The van der Waals surface area contributed by atoms with Gasteiger partial charge in [-0.05, 0) is 43.5 Å². The van der Waals surface area contributed by atoms with Gasteiger partial charge >= 0.3 is 10.1 Å². The fourth-order valence-corrected chi connectivity index (χ4v) is 5.51. The molecular formula is C26H33NO8S. The molecule has 0 amide bonds. The monoisotopic (exact) mass is 519 g/mol. The third-order valence-corrected chi connectivity index (χ3v) is 7.83. The molecule has 2 aliphatic heterocycles. The number of methoxy groups -OCH3 is 3. The van der Waals surface area contributed by atoms with E-state index in [0.29, 0.717) is 37.0 Å². The minimum Gasteiger partial charge on any atom is -0.493 e. The van der Waals surface area contributed by atoms with E-state index >= 15 is 0 Å². The summed E-state index contributed by atoms with van der Waals surface area (Å²) in [4.78, 5) is -0.0504. The van der Waals surface area contributed by atoms with Gasteiger partial charge in [0.05, 0.1) is 27.4 Å². The molecule has 0 bridgehead atoms. The topological polar surface area (TPSA) is 102 Å². The van der Waals surface area contributed by atoms with Gasteiger partial charge < -0.3 is 33.2 Å². The average molecular weight is 520 g/mol. The molecule has 3 atom stereocenters. The van der Waals surface area contributed by atoms with Crippen LogP contribution >= 0.6 is 0 Å². The second kappa shape index (κ2) is 11.1. The van der Waals surface area contributed by atoms with Crippen LogP contribution < -0.4 is 23.7 Å². The number of hydrogen-bond donors (Lipinski definition) is 1. The molecule has 0 spiro atoms. The summed E-state index contributed by atoms with van der Waals surface area (Å²) >= 11 is 0. The first kappa shape index (κ1) is 26.3. The van der Waals surface area contributed by atoms with Gasteiger partial charge in [-0.2, -0.15) is 8.42 Å². The highest BCUT2D eigenvalue weighted by Crippen LogP contribution is 2.39. The predicted octanol–water partition coefficient (Wildman–Crippen LogP) is 3.59. The second-order valence-electron chi connectivity index (χ2n) is 8.64. The number of rotatable bonds is 9. The van der Waals surface area contributed by atoms with Crippen LogP contribution in [0.15, 0.2) is 46.9 Å². The zero-order valence-corrected chi connectivity index (χ0v) is 22.0. The summed E-state index contributed by atoms with van der Waals surface area (Å²) in [5, 5.41) is 3.53. The average Bonchev–Trinajstić information content (AvgIpc) is 3.30. The molecule has 4 rings (SSSR count). The highest BCUT2D eigenvalue weighted by Gasteiger charge is 2.30. The minimum atomic E-state index is -4.18. The smallest absolute Gasteiger partial charge is 0.339 e. The summed E-state index contributed by atoms with van der Waals surface area (Å²) in [5.74, 6) is 1.23. The van der Waals surface area contributed by atoms with Crippen LogP contribution in [0.4, 0.5) is 0 Å². The number of benzene rings is 2. The van der Waals surface area contributed by atoms with E-state index in [-0.39, 0.29) is 28.9 Å². The summed E-state index contributed by atoms with van der Waals surface area (Å²) in [6, 6.07) is 8.11. The number of hydrogen-bond acceptors (Lipinski definition) is 9. The van der Waals surface area contributed by atoms with E-state index in [0.717, 1.165) is 17.5 Å². The van der Waals surface area contributed by atoms with E-state index in [9.17, 15) is 8.42 Å². The molecule has 2 aliphatic rings. The van der Waals surface area contributed by atoms with E-state index in [1.54, 1.807) is 6.07 Å². The van der Waals surface area contributed by atoms with E-state index in [1.807, 2.05) is 13.0 Å². The molecule has 1 saturated heterocycles. The molecule has 0 radical (unpaired) electrons. The zero-order valence-electron chi connectivity index (χ0n) is 21.2. The third-order valence-electron chi connectivity index (χ3n) is 6.62. The Hall–Kier alpha value is -2.79. The Bertz CT molecular complexity index is 1230. The number of ether oxygens (including phenoxy) is 5. The molecule has 3 unspecified atom stereocenters. The summed E-state index contributed by atoms with van der Waals surface area (Å²) in [6.07, 6.45) is 3.60. The van der Waals surface area contributed by atoms with Crippen LogP contribution in [0.25, 0.3) is 0 Å². The van der Waals surface area contributed by atoms with Gasteiger partial charge in [0.15, 0.2) is 23.0 Å². The molecule has 2 heterocycles. The van der Waals surface area contributed by atoms with E-state index in [4.69, 9.17) is 27.9 Å². The molecule has 0 saturated carbocycles. The van der Waals surface area contributed by atoms with E-state index < -0.39 is 10.1 Å². The highest BCUT2D eigenvalue weighted by atomic mass is 32.2. The molecule has 36 heavy (non-hydrogen) atoms. The van der Waals surface area contributed by atoms with Crippen molar-refractivity contribution in [2.45, 2.75) is 56.4 Å². The van der Waals surface area contributed by atoms with Gasteiger partial charge in [-0.3, -0.25) is 0 Å². The molecule has 0 aliphatic carbocycles.